The molecule has 2 amide bonds. The second-order valence-corrected chi connectivity index (χ2v) is 6.73. The summed E-state index contributed by atoms with van der Waals surface area (Å²) in [5, 5.41) is 2.83. The number of aromatic amines is 1. The number of para-hydroxylation sites is 2. The molecular weight excluding hydrogens is 356 g/mol. The standard InChI is InChI=1S/C21H22N4O3/c26-20(22-12-11-19-23-17-4-1-2-5-18(17)24-19)14-28-16-9-7-15(8-10-16)25-13-3-6-21(25)27/h1-2,4-5,7-10H,3,6,11-14H2,(H,22,26)(H,23,24). The summed E-state index contributed by atoms with van der Waals surface area (Å²) in [5.41, 5.74) is 2.78. The molecule has 1 fully saturated rings. The molecule has 0 radical (unpaired) electrons. The van der Waals surface area contributed by atoms with Crippen molar-refractivity contribution in [2.24, 2.45) is 0 Å². The fourth-order valence-corrected chi connectivity index (χ4v) is 3.29. The Labute approximate surface area is 162 Å². The SMILES string of the molecule is O=C(COc1ccc(N2CCCC2=O)cc1)NCCc1nc2ccccc2[nH]1. The number of hydrogen-bond acceptors (Lipinski definition) is 4. The van der Waals surface area contributed by atoms with Crippen molar-refractivity contribution in [1.29, 1.82) is 0 Å². The van der Waals surface area contributed by atoms with Crippen LogP contribution in [0.2, 0.25) is 0 Å². The topological polar surface area (TPSA) is 87.3 Å². The molecule has 0 unspecified atom stereocenters. The maximum absolute atomic E-state index is 12.0. The third kappa shape index (κ3) is 4.14. The summed E-state index contributed by atoms with van der Waals surface area (Å²) in [6.45, 7) is 1.19. The number of fused-ring (bicyclic) bond motifs is 1. The Morgan fingerprint density at radius 2 is 2.00 bits per heavy atom. The Hall–Kier alpha value is -3.35. The van der Waals surface area contributed by atoms with Gasteiger partial charge in [0.1, 0.15) is 11.6 Å². The molecule has 2 aromatic carbocycles. The number of nitrogens with zero attached hydrogens (tertiary/aromatic N) is 2. The second kappa shape index (κ2) is 8.12. The fraction of sp³-hybridized carbons (Fsp3) is 0.286. The molecule has 0 atom stereocenters. The van der Waals surface area contributed by atoms with Gasteiger partial charge in [-0.3, -0.25) is 9.59 Å². The molecule has 2 heterocycles. The van der Waals surface area contributed by atoms with E-state index in [4.69, 9.17) is 4.74 Å². The van der Waals surface area contributed by atoms with Gasteiger partial charge in [0.05, 0.1) is 11.0 Å². The minimum absolute atomic E-state index is 0.0535. The smallest absolute Gasteiger partial charge is 0.257 e. The molecule has 1 aliphatic heterocycles. The number of carbonyl (C=O) groups is 2. The lowest BCUT2D eigenvalue weighted by atomic mass is 10.3. The highest BCUT2D eigenvalue weighted by atomic mass is 16.5. The zero-order valence-electron chi connectivity index (χ0n) is 15.5. The van der Waals surface area contributed by atoms with Crippen LogP contribution in [0.25, 0.3) is 11.0 Å². The molecule has 1 aromatic heterocycles. The number of amides is 2. The van der Waals surface area contributed by atoms with Crippen LogP contribution in [0.15, 0.2) is 48.5 Å². The van der Waals surface area contributed by atoms with Crippen LogP contribution < -0.4 is 15.0 Å². The first-order valence-corrected chi connectivity index (χ1v) is 9.42. The van der Waals surface area contributed by atoms with Crippen LogP contribution in [0.4, 0.5) is 5.69 Å². The van der Waals surface area contributed by atoms with Crippen molar-refractivity contribution in [1.82, 2.24) is 15.3 Å². The molecule has 144 valence electrons. The van der Waals surface area contributed by atoms with Gasteiger partial charge in [0.15, 0.2) is 6.61 Å². The van der Waals surface area contributed by atoms with Crippen molar-refractivity contribution in [3.05, 3.63) is 54.4 Å². The van der Waals surface area contributed by atoms with E-state index in [2.05, 4.69) is 15.3 Å². The summed E-state index contributed by atoms with van der Waals surface area (Å²) >= 11 is 0. The van der Waals surface area contributed by atoms with Crippen LogP contribution >= 0.6 is 0 Å². The van der Waals surface area contributed by atoms with Crippen LogP contribution in [0.3, 0.4) is 0 Å². The van der Waals surface area contributed by atoms with Crippen LogP contribution in [0, 0.1) is 0 Å². The van der Waals surface area contributed by atoms with Crippen LogP contribution in [-0.4, -0.2) is 41.5 Å². The molecule has 0 bridgehead atoms. The van der Waals surface area contributed by atoms with Crippen molar-refractivity contribution < 1.29 is 14.3 Å². The molecule has 1 saturated heterocycles. The fourth-order valence-electron chi connectivity index (χ4n) is 3.29. The number of imidazole rings is 1. The number of rotatable bonds is 7. The predicted molar refractivity (Wildman–Crippen MR) is 106 cm³/mol. The minimum atomic E-state index is -0.185. The largest absolute Gasteiger partial charge is 0.484 e. The normalized spacial score (nSPS) is 13.9. The van der Waals surface area contributed by atoms with Crippen molar-refractivity contribution >= 4 is 28.5 Å². The highest BCUT2D eigenvalue weighted by molar-refractivity contribution is 5.95. The van der Waals surface area contributed by atoms with Crippen molar-refractivity contribution in [2.75, 3.05) is 24.6 Å². The summed E-state index contributed by atoms with van der Waals surface area (Å²) < 4.78 is 5.52. The highest BCUT2D eigenvalue weighted by Crippen LogP contribution is 2.23. The van der Waals surface area contributed by atoms with Gasteiger partial charge in [-0.2, -0.15) is 0 Å². The zero-order chi connectivity index (χ0) is 19.3. The Morgan fingerprint density at radius 3 is 2.75 bits per heavy atom. The van der Waals surface area contributed by atoms with Gasteiger partial charge in [0.25, 0.3) is 5.91 Å². The van der Waals surface area contributed by atoms with E-state index in [1.165, 1.54) is 0 Å². The van der Waals surface area contributed by atoms with Crippen molar-refractivity contribution in [3.8, 4) is 5.75 Å². The minimum Gasteiger partial charge on any atom is -0.484 e. The summed E-state index contributed by atoms with van der Waals surface area (Å²) in [6.07, 6.45) is 2.12. The number of nitrogens with one attached hydrogen (secondary N) is 2. The molecule has 7 heteroatoms. The molecule has 4 rings (SSSR count). The van der Waals surface area contributed by atoms with E-state index in [0.29, 0.717) is 25.1 Å². The average molecular weight is 378 g/mol. The molecule has 1 aliphatic rings. The summed E-state index contributed by atoms with van der Waals surface area (Å²) in [4.78, 5) is 33.2. The number of anilines is 1. The maximum atomic E-state index is 12.0. The van der Waals surface area contributed by atoms with Gasteiger partial charge in [-0.1, -0.05) is 12.1 Å². The summed E-state index contributed by atoms with van der Waals surface area (Å²) in [6, 6.07) is 15.1. The highest BCUT2D eigenvalue weighted by Gasteiger charge is 2.21. The number of aromatic nitrogens is 2. The number of ether oxygens (including phenoxy) is 1. The third-order valence-electron chi connectivity index (χ3n) is 4.71. The van der Waals surface area contributed by atoms with Gasteiger partial charge >= 0.3 is 0 Å². The first-order valence-electron chi connectivity index (χ1n) is 9.42. The lowest BCUT2D eigenvalue weighted by Gasteiger charge is -2.16. The molecule has 28 heavy (non-hydrogen) atoms. The monoisotopic (exact) mass is 378 g/mol. The van der Waals surface area contributed by atoms with Crippen LogP contribution in [0.1, 0.15) is 18.7 Å². The lowest BCUT2D eigenvalue weighted by Crippen LogP contribution is -2.30. The number of carbonyl (C=O) groups excluding carboxylic acids is 2. The molecule has 7 nitrogen and oxygen atoms in total. The summed E-state index contributed by atoms with van der Waals surface area (Å²) in [7, 11) is 0. The van der Waals surface area contributed by atoms with E-state index in [-0.39, 0.29) is 18.4 Å². The zero-order valence-corrected chi connectivity index (χ0v) is 15.5. The Bertz CT molecular complexity index is 948. The second-order valence-electron chi connectivity index (χ2n) is 6.73. The Morgan fingerprint density at radius 1 is 1.18 bits per heavy atom. The van der Waals surface area contributed by atoms with Gasteiger partial charge < -0.3 is 19.9 Å². The number of H-pyrrole nitrogens is 1. The van der Waals surface area contributed by atoms with E-state index in [0.717, 1.165) is 35.5 Å². The first kappa shape index (κ1) is 18.0. The molecule has 0 spiro atoms. The van der Waals surface area contributed by atoms with E-state index in [9.17, 15) is 9.59 Å². The van der Waals surface area contributed by atoms with Gasteiger partial charge in [-0.15, -0.1) is 0 Å². The molecule has 0 saturated carbocycles. The van der Waals surface area contributed by atoms with E-state index in [1.54, 1.807) is 17.0 Å². The first-order chi connectivity index (χ1) is 13.7. The quantitative estimate of drug-likeness (QED) is 0.661. The lowest BCUT2D eigenvalue weighted by molar-refractivity contribution is -0.123. The Balaban J connectivity index is 1.21. The molecule has 0 aliphatic carbocycles. The maximum Gasteiger partial charge on any atom is 0.257 e. The third-order valence-corrected chi connectivity index (χ3v) is 4.71. The van der Waals surface area contributed by atoms with Gasteiger partial charge in [-0.25, -0.2) is 4.98 Å². The van der Waals surface area contributed by atoms with Crippen molar-refractivity contribution in [3.63, 3.8) is 0 Å². The average Bonchev–Trinajstić information content (AvgIpc) is 3.32. The summed E-state index contributed by atoms with van der Waals surface area (Å²) in [5.74, 6) is 1.41. The predicted octanol–water partition coefficient (Wildman–Crippen LogP) is 2.43. The van der Waals surface area contributed by atoms with Gasteiger partial charge in [-0.05, 0) is 42.8 Å². The van der Waals surface area contributed by atoms with Crippen LogP contribution in [-0.2, 0) is 16.0 Å². The van der Waals surface area contributed by atoms with E-state index < -0.39 is 0 Å². The Kier molecular flexibility index (Phi) is 5.23. The van der Waals surface area contributed by atoms with Crippen LogP contribution in [0.5, 0.6) is 5.75 Å². The molecular formula is C21H22N4O3. The molecule has 2 N–H and O–H groups in total. The van der Waals surface area contributed by atoms with E-state index in [1.807, 2.05) is 36.4 Å². The molecule has 3 aromatic rings. The van der Waals surface area contributed by atoms with Crippen molar-refractivity contribution in [2.45, 2.75) is 19.3 Å². The number of hydrogen-bond donors (Lipinski definition) is 2. The number of benzene rings is 2. The van der Waals surface area contributed by atoms with E-state index >= 15 is 0 Å². The van der Waals surface area contributed by atoms with Gasteiger partial charge in [0.2, 0.25) is 5.91 Å². The van der Waals surface area contributed by atoms with Gasteiger partial charge in [0, 0.05) is 31.6 Å².